The molecule has 0 atom stereocenters. The zero-order valence-corrected chi connectivity index (χ0v) is 15.9. The van der Waals surface area contributed by atoms with E-state index in [2.05, 4.69) is 27.7 Å². The molecule has 122 valence electrons. The van der Waals surface area contributed by atoms with E-state index in [1.807, 2.05) is 0 Å². The summed E-state index contributed by atoms with van der Waals surface area (Å²) < 4.78 is 0. The van der Waals surface area contributed by atoms with Gasteiger partial charge in [0.2, 0.25) is 0 Å². The van der Waals surface area contributed by atoms with Gasteiger partial charge in [-0.05, 0) is 33.6 Å². The van der Waals surface area contributed by atoms with Crippen molar-refractivity contribution < 1.29 is 0 Å². The maximum Gasteiger partial charge on any atom is 0.0594 e. The highest BCUT2D eigenvalue weighted by Gasteiger charge is 2.29. The van der Waals surface area contributed by atoms with Crippen LogP contribution in [0.4, 0.5) is 0 Å². The van der Waals surface area contributed by atoms with Crippen LogP contribution in [0.5, 0.6) is 0 Å². The molecule has 0 nitrogen and oxygen atoms in total. The second-order valence-electron chi connectivity index (χ2n) is 6.55. The molecule has 0 N–H and O–H groups in total. The van der Waals surface area contributed by atoms with E-state index in [0.717, 1.165) is 0 Å². The van der Waals surface area contributed by atoms with E-state index in [4.69, 9.17) is 0 Å². The maximum atomic E-state index is 2.43. The summed E-state index contributed by atoms with van der Waals surface area (Å²) in [5.74, 6) is 0. The van der Waals surface area contributed by atoms with Crippen molar-refractivity contribution in [3.8, 4) is 0 Å². The first-order valence-corrected chi connectivity index (χ1v) is 12.1. The lowest BCUT2D eigenvalue weighted by Crippen LogP contribution is -2.07. The molecule has 0 aromatic heterocycles. The Kier molecular flexibility index (Phi) is 14.7. The van der Waals surface area contributed by atoms with Gasteiger partial charge in [-0.3, -0.25) is 0 Å². The quantitative estimate of drug-likeness (QED) is 0.219. The molecule has 0 amide bonds. The second-order valence-corrected chi connectivity index (χ2v) is 11.6. The van der Waals surface area contributed by atoms with Gasteiger partial charge >= 0.3 is 0 Å². The second kappa shape index (κ2) is 14.4. The lowest BCUT2D eigenvalue weighted by Gasteiger charge is -2.23. The van der Waals surface area contributed by atoms with Gasteiger partial charge in [0.05, 0.1) is 24.6 Å². The van der Waals surface area contributed by atoms with Crippen LogP contribution in [0.2, 0.25) is 0 Å². The minimum Gasteiger partial charge on any atom is -0.0654 e. The molecule has 0 aliphatic carbocycles. The maximum absolute atomic E-state index is 2.43. The summed E-state index contributed by atoms with van der Waals surface area (Å²) in [4.78, 5) is 0. The Morgan fingerprint density at radius 3 is 1.15 bits per heavy atom. The highest BCUT2D eigenvalue weighted by molar-refractivity contribution is 7.75. The van der Waals surface area contributed by atoms with Crippen molar-refractivity contribution in [2.45, 2.75) is 98.3 Å². The number of hydrogen-bond donors (Lipinski definition) is 0. The molecule has 0 saturated heterocycles. The van der Waals surface area contributed by atoms with Crippen LogP contribution in [-0.2, 0) is 0 Å². The van der Waals surface area contributed by atoms with Crippen molar-refractivity contribution in [2.75, 3.05) is 24.6 Å². The predicted octanol–water partition coefficient (Wildman–Crippen LogP) is 7.37. The molecule has 0 aliphatic heterocycles. The molecule has 1 heteroatoms. The summed E-state index contributed by atoms with van der Waals surface area (Å²) in [5, 5.41) is 0. The fourth-order valence-electron chi connectivity index (χ4n) is 3.26. The van der Waals surface area contributed by atoms with E-state index in [0.29, 0.717) is 0 Å². The minimum absolute atomic E-state index is 0.516. The van der Waals surface area contributed by atoms with Gasteiger partial charge in [0.25, 0.3) is 0 Å². The normalized spacial score (nSPS) is 12.0. The predicted molar refractivity (Wildman–Crippen MR) is 99.9 cm³/mol. The summed E-state index contributed by atoms with van der Waals surface area (Å²) in [6.07, 6.45) is 22.2. The van der Waals surface area contributed by atoms with Gasteiger partial charge in [0.15, 0.2) is 0 Å². The van der Waals surface area contributed by atoms with E-state index >= 15 is 0 Å². The smallest absolute Gasteiger partial charge is 0.0594 e. The molecular formula is C19H42P+. The molecule has 0 unspecified atom stereocenters. The van der Waals surface area contributed by atoms with Crippen LogP contribution < -0.4 is 0 Å². The van der Waals surface area contributed by atoms with Crippen molar-refractivity contribution in [1.29, 1.82) is 0 Å². The molecular weight excluding hydrogens is 259 g/mol. The standard InChI is InChI=1S/C19H42P/c1-5-9-10-11-12-13-14-15-16-17-18-19-20(6-2,7-3)8-4/h5-19H2,1-4H3/q+1. The van der Waals surface area contributed by atoms with E-state index in [9.17, 15) is 0 Å². The Morgan fingerprint density at radius 2 is 0.800 bits per heavy atom. The van der Waals surface area contributed by atoms with Gasteiger partial charge in [-0.1, -0.05) is 64.7 Å². The Balaban J connectivity index is 3.32. The fourth-order valence-corrected chi connectivity index (χ4v) is 6.44. The molecule has 0 bridgehead atoms. The molecule has 0 spiro atoms. The first-order chi connectivity index (χ1) is 9.74. The first-order valence-electron chi connectivity index (χ1n) is 9.59. The van der Waals surface area contributed by atoms with Gasteiger partial charge in [0, 0.05) is 7.26 Å². The molecule has 0 rings (SSSR count). The molecule has 0 aromatic rings. The van der Waals surface area contributed by atoms with Crippen LogP contribution in [-0.4, -0.2) is 24.6 Å². The summed E-state index contributed by atoms with van der Waals surface area (Å²) in [6.45, 7) is 9.59. The van der Waals surface area contributed by atoms with Crippen LogP contribution in [0.25, 0.3) is 0 Å². The summed E-state index contributed by atoms with van der Waals surface area (Å²) in [5.41, 5.74) is 0. The molecule has 20 heavy (non-hydrogen) atoms. The van der Waals surface area contributed by atoms with Gasteiger partial charge in [-0.25, -0.2) is 0 Å². The minimum atomic E-state index is -0.516. The van der Waals surface area contributed by atoms with E-state index in [-0.39, 0.29) is 0 Å². The summed E-state index contributed by atoms with van der Waals surface area (Å²) in [7, 11) is -0.516. The Bertz CT molecular complexity index is 176. The third-order valence-corrected chi connectivity index (χ3v) is 10.5. The lowest BCUT2D eigenvalue weighted by atomic mass is 10.1. The topological polar surface area (TPSA) is 0 Å². The van der Waals surface area contributed by atoms with Gasteiger partial charge in [-0.15, -0.1) is 0 Å². The van der Waals surface area contributed by atoms with Crippen molar-refractivity contribution in [2.24, 2.45) is 0 Å². The van der Waals surface area contributed by atoms with Crippen LogP contribution in [0.1, 0.15) is 98.3 Å². The van der Waals surface area contributed by atoms with Crippen molar-refractivity contribution in [3.63, 3.8) is 0 Å². The Morgan fingerprint density at radius 1 is 0.450 bits per heavy atom. The lowest BCUT2D eigenvalue weighted by molar-refractivity contribution is 0.554. The highest BCUT2D eigenvalue weighted by Crippen LogP contribution is 2.58. The highest BCUT2D eigenvalue weighted by atomic mass is 31.2. The van der Waals surface area contributed by atoms with Crippen LogP contribution >= 0.6 is 7.26 Å². The van der Waals surface area contributed by atoms with E-state index in [1.165, 1.54) is 89.1 Å². The average molecular weight is 302 g/mol. The molecule has 0 aliphatic rings. The van der Waals surface area contributed by atoms with Crippen molar-refractivity contribution in [1.82, 2.24) is 0 Å². The Hall–Kier alpha value is 0.430. The Labute approximate surface area is 130 Å². The third-order valence-electron chi connectivity index (χ3n) is 5.25. The molecule has 0 saturated carbocycles. The summed E-state index contributed by atoms with van der Waals surface area (Å²) >= 11 is 0. The van der Waals surface area contributed by atoms with Crippen molar-refractivity contribution in [3.05, 3.63) is 0 Å². The van der Waals surface area contributed by atoms with Gasteiger partial charge < -0.3 is 0 Å². The summed E-state index contributed by atoms with van der Waals surface area (Å²) in [6, 6.07) is 0. The molecule has 0 heterocycles. The number of rotatable bonds is 15. The molecule has 0 aromatic carbocycles. The third kappa shape index (κ3) is 10.2. The monoisotopic (exact) mass is 301 g/mol. The van der Waals surface area contributed by atoms with Gasteiger partial charge in [-0.2, -0.15) is 0 Å². The average Bonchev–Trinajstić information content (AvgIpc) is 2.49. The molecule has 0 fully saturated rings. The van der Waals surface area contributed by atoms with Crippen LogP contribution in [0, 0.1) is 0 Å². The van der Waals surface area contributed by atoms with Gasteiger partial charge in [0.1, 0.15) is 0 Å². The van der Waals surface area contributed by atoms with Crippen LogP contribution in [0.3, 0.4) is 0 Å². The van der Waals surface area contributed by atoms with E-state index < -0.39 is 7.26 Å². The first kappa shape index (κ1) is 20.4. The van der Waals surface area contributed by atoms with Crippen molar-refractivity contribution >= 4 is 7.26 Å². The molecule has 0 radical (unpaired) electrons. The van der Waals surface area contributed by atoms with Crippen LogP contribution in [0.15, 0.2) is 0 Å². The zero-order chi connectivity index (χ0) is 15.1. The SMILES string of the molecule is CCCCCCCCCCCCC[P+](CC)(CC)CC. The zero-order valence-electron chi connectivity index (χ0n) is 15.1. The number of hydrogen-bond acceptors (Lipinski definition) is 0. The fraction of sp³-hybridized carbons (Fsp3) is 1.00. The number of unbranched alkanes of at least 4 members (excludes halogenated alkanes) is 10. The largest absolute Gasteiger partial charge is 0.0654 e. The van der Waals surface area contributed by atoms with E-state index in [1.54, 1.807) is 6.16 Å².